The Hall–Kier alpha value is -2.49. The number of ether oxygens (including phenoxy) is 1. The molecular weight excluding hydrogens is 489 g/mol. The molecule has 0 aliphatic carbocycles. The molecule has 0 radical (unpaired) electrons. The Balaban J connectivity index is 1.57. The van der Waals surface area contributed by atoms with Gasteiger partial charge in [-0.3, -0.25) is 4.90 Å². The summed E-state index contributed by atoms with van der Waals surface area (Å²) in [4.78, 5) is 2.50. The molecule has 0 bridgehead atoms. The molecule has 1 N–H and O–H groups in total. The van der Waals surface area contributed by atoms with Gasteiger partial charge in [0.1, 0.15) is 5.75 Å². The molecule has 0 spiro atoms. The van der Waals surface area contributed by atoms with E-state index in [2.05, 4.69) is 60.0 Å². The van der Waals surface area contributed by atoms with Crippen molar-refractivity contribution in [3.05, 3.63) is 59.7 Å². The molecule has 1 aliphatic heterocycles. The van der Waals surface area contributed by atoms with E-state index in [9.17, 15) is 30.7 Å². The zero-order valence-corrected chi connectivity index (χ0v) is 20.4. The standard InChI is InChI=1S/C26H31F7N2O/c1-4-22-14-21(13-18(3)35(22)15-19-7-5-17(2)6-8-19)34-20-9-11-23(12-10-20)36-16-24(27,28)25(29,30)26(31,32)33/h5-12,18,21-22,34H,4,13-16H2,1-3H3. The van der Waals surface area contributed by atoms with Crippen molar-refractivity contribution in [3.63, 3.8) is 0 Å². The molecule has 1 heterocycles. The van der Waals surface area contributed by atoms with Crippen molar-refractivity contribution in [2.45, 2.75) is 82.7 Å². The van der Waals surface area contributed by atoms with E-state index in [0.29, 0.717) is 17.8 Å². The van der Waals surface area contributed by atoms with Crippen LogP contribution in [0.5, 0.6) is 5.75 Å². The van der Waals surface area contributed by atoms with E-state index < -0.39 is 24.6 Å². The fourth-order valence-electron chi connectivity index (χ4n) is 4.53. The number of hydrogen-bond donors (Lipinski definition) is 1. The van der Waals surface area contributed by atoms with Crippen LogP contribution in [0.15, 0.2) is 48.5 Å². The monoisotopic (exact) mass is 520 g/mol. The first-order valence-electron chi connectivity index (χ1n) is 11.9. The highest BCUT2D eigenvalue weighted by atomic mass is 19.4. The number of halogens is 7. The summed E-state index contributed by atoms with van der Waals surface area (Å²) >= 11 is 0. The van der Waals surface area contributed by atoms with Crippen molar-refractivity contribution < 1.29 is 35.5 Å². The summed E-state index contributed by atoms with van der Waals surface area (Å²) in [6.07, 6.45) is -3.64. The number of anilines is 1. The van der Waals surface area contributed by atoms with Gasteiger partial charge in [-0.15, -0.1) is 0 Å². The van der Waals surface area contributed by atoms with Crippen LogP contribution in [0.2, 0.25) is 0 Å². The van der Waals surface area contributed by atoms with Gasteiger partial charge in [0, 0.05) is 30.4 Å². The number of likely N-dealkylation sites (tertiary alicyclic amines) is 1. The minimum Gasteiger partial charge on any atom is -0.487 e. The lowest BCUT2D eigenvalue weighted by molar-refractivity contribution is -0.358. The zero-order chi connectivity index (χ0) is 26.7. The summed E-state index contributed by atoms with van der Waals surface area (Å²) < 4.78 is 94.3. The number of benzene rings is 2. The quantitative estimate of drug-likeness (QED) is 0.348. The lowest BCUT2D eigenvalue weighted by Crippen LogP contribution is -2.54. The Morgan fingerprint density at radius 1 is 0.917 bits per heavy atom. The average Bonchev–Trinajstić information content (AvgIpc) is 2.80. The number of rotatable bonds is 9. The van der Waals surface area contributed by atoms with E-state index in [-0.39, 0.29) is 11.8 Å². The van der Waals surface area contributed by atoms with Crippen molar-refractivity contribution in [1.29, 1.82) is 0 Å². The molecule has 200 valence electrons. The Kier molecular flexibility index (Phi) is 8.48. The minimum absolute atomic E-state index is 0.154. The van der Waals surface area contributed by atoms with Gasteiger partial charge >= 0.3 is 18.0 Å². The van der Waals surface area contributed by atoms with Crippen molar-refractivity contribution in [1.82, 2.24) is 4.90 Å². The second-order valence-corrected chi connectivity index (χ2v) is 9.47. The van der Waals surface area contributed by atoms with Crippen LogP contribution in [0.3, 0.4) is 0 Å². The molecule has 1 fully saturated rings. The summed E-state index contributed by atoms with van der Waals surface area (Å²) in [6.45, 7) is 5.14. The van der Waals surface area contributed by atoms with E-state index in [1.165, 1.54) is 35.4 Å². The highest BCUT2D eigenvalue weighted by Gasteiger charge is 2.73. The van der Waals surface area contributed by atoms with Gasteiger partial charge in [0.2, 0.25) is 0 Å². The fraction of sp³-hybridized carbons (Fsp3) is 0.538. The molecule has 3 unspecified atom stereocenters. The summed E-state index contributed by atoms with van der Waals surface area (Å²) in [5.41, 5.74) is 3.14. The molecule has 36 heavy (non-hydrogen) atoms. The number of nitrogens with one attached hydrogen (secondary N) is 1. The molecule has 1 aliphatic rings. The Morgan fingerprint density at radius 2 is 1.53 bits per heavy atom. The second-order valence-electron chi connectivity index (χ2n) is 9.47. The van der Waals surface area contributed by atoms with E-state index in [1.807, 2.05) is 0 Å². The van der Waals surface area contributed by atoms with Crippen LogP contribution in [0, 0.1) is 6.92 Å². The minimum atomic E-state index is -6.38. The summed E-state index contributed by atoms with van der Waals surface area (Å²) in [6, 6.07) is 14.9. The summed E-state index contributed by atoms with van der Waals surface area (Å²) in [5, 5.41) is 3.41. The fourth-order valence-corrected chi connectivity index (χ4v) is 4.53. The highest BCUT2D eigenvalue weighted by Crippen LogP contribution is 2.46. The molecular formula is C26H31F7N2O. The molecule has 10 heteroatoms. The van der Waals surface area contributed by atoms with Gasteiger partial charge in [0.15, 0.2) is 6.61 Å². The van der Waals surface area contributed by atoms with Crippen molar-refractivity contribution in [2.24, 2.45) is 0 Å². The average molecular weight is 521 g/mol. The molecule has 1 saturated heterocycles. The van der Waals surface area contributed by atoms with Crippen LogP contribution < -0.4 is 10.1 Å². The largest absolute Gasteiger partial charge is 0.487 e. The van der Waals surface area contributed by atoms with Crippen LogP contribution in [0.4, 0.5) is 36.4 Å². The maximum atomic E-state index is 13.5. The van der Waals surface area contributed by atoms with Gasteiger partial charge in [0.05, 0.1) is 0 Å². The molecule has 2 aromatic carbocycles. The Bertz CT molecular complexity index is 977. The normalized spacial score (nSPS) is 21.9. The summed E-state index contributed by atoms with van der Waals surface area (Å²) in [5.74, 6) is -11.8. The predicted octanol–water partition coefficient (Wildman–Crippen LogP) is 7.45. The van der Waals surface area contributed by atoms with Gasteiger partial charge in [-0.1, -0.05) is 36.8 Å². The first-order valence-corrected chi connectivity index (χ1v) is 11.9. The summed E-state index contributed by atoms with van der Waals surface area (Å²) in [7, 11) is 0. The predicted molar refractivity (Wildman–Crippen MR) is 125 cm³/mol. The third kappa shape index (κ3) is 6.44. The van der Waals surface area contributed by atoms with Gasteiger partial charge in [-0.2, -0.15) is 30.7 Å². The molecule has 0 aromatic heterocycles. The van der Waals surface area contributed by atoms with Crippen LogP contribution in [0.25, 0.3) is 0 Å². The van der Waals surface area contributed by atoms with Crippen LogP contribution in [-0.2, 0) is 6.54 Å². The molecule has 0 saturated carbocycles. The van der Waals surface area contributed by atoms with Gasteiger partial charge in [-0.25, -0.2) is 0 Å². The third-order valence-corrected chi connectivity index (χ3v) is 6.64. The third-order valence-electron chi connectivity index (χ3n) is 6.64. The molecule has 0 amide bonds. The number of hydrogen-bond acceptors (Lipinski definition) is 3. The molecule has 3 nitrogen and oxygen atoms in total. The van der Waals surface area contributed by atoms with Crippen molar-refractivity contribution in [3.8, 4) is 5.75 Å². The lowest BCUT2D eigenvalue weighted by Gasteiger charge is -2.44. The first-order chi connectivity index (χ1) is 16.7. The number of nitrogens with zero attached hydrogens (tertiary/aromatic N) is 1. The number of aryl methyl sites for hydroxylation is 1. The van der Waals surface area contributed by atoms with Gasteiger partial charge in [-0.05, 0) is 62.9 Å². The van der Waals surface area contributed by atoms with E-state index in [1.54, 1.807) is 0 Å². The maximum absolute atomic E-state index is 13.5. The van der Waals surface area contributed by atoms with Gasteiger partial charge < -0.3 is 10.1 Å². The topological polar surface area (TPSA) is 24.5 Å². The van der Waals surface area contributed by atoms with Crippen LogP contribution in [-0.4, -0.2) is 47.7 Å². The van der Waals surface area contributed by atoms with E-state index in [0.717, 1.165) is 25.8 Å². The van der Waals surface area contributed by atoms with Crippen molar-refractivity contribution in [2.75, 3.05) is 11.9 Å². The Labute approximate surface area is 206 Å². The van der Waals surface area contributed by atoms with Crippen molar-refractivity contribution >= 4 is 5.69 Å². The highest BCUT2D eigenvalue weighted by molar-refractivity contribution is 5.47. The lowest BCUT2D eigenvalue weighted by atomic mass is 9.89. The number of alkyl halides is 7. The van der Waals surface area contributed by atoms with Crippen LogP contribution >= 0.6 is 0 Å². The maximum Gasteiger partial charge on any atom is 0.460 e. The molecule has 3 rings (SSSR count). The molecule has 2 aromatic rings. The van der Waals surface area contributed by atoms with Crippen LogP contribution in [0.1, 0.15) is 44.2 Å². The second kappa shape index (κ2) is 10.9. The Morgan fingerprint density at radius 3 is 2.08 bits per heavy atom. The first kappa shape index (κ1) is 28.1. The van der Waals surface area contributed by atoms with E-state index >= 15 is 0 Å². The molecule has 3 atom stereocenters. The van der Waals surface area contributed by atoms with E-state index in [4.69, 9.17) is 0 Å². The SMILES string of the molecule is CCC1CC(Nc2ccc(OCC(F)(F)C(F)(F)C(F)(F)F)cc2)CC(C)N1Cc1ccc(C)cc1. The smallest absolute Gasteiger partial charge is 0.460 e. The van der Waals surface area contributed by atoms with Gasteiger partial charge in [0.25, 0.3) is 0 Å². The number of piperidine rings is 1. The zero-order valence-electron chi connectivity index (χ0n) is 20.4.